The van der Waals surface area contributed by atoms with Gasteiger partial charge in [-0.05, 0) is 0 Å². The molecule has 3 heterocycles. The number of methoxy groups -OCH3 is 1. The molecular weight excluding hydrogens is 280 g/mol. The van der Waals surface area contributed by atoms with Crippen molar-refractivity contribution in [1.82, 2.24) is 19.9 Å². The zero-order chi connectivity index (χ0) is 12.0. The fraction of sp³-hybridized carbons (Fsp3) is 0.111. The Labute approximate surface area is 109 Å². The third-order valence-electron chi connectivity index (χ3n) is 2.26. The van der Waals surface area contributed by atoms with Gasteiger partial charge in [0.25, 0.3) is 5.56 Å². The highest BCUT2D eigenvalue weighted by atomic mass is 35.5. The van der Waals surface area contributed by atoms with E-state index in [9.17, 15) is 9.59 Å². The van der Waals surface area contributed by atoms with E-state index in [-0.39, 0.29) is 12.4 Å². The summed E-state index contributed by atoms with van der Waals surface area (Å²) >= 11 is 1.17. The van der Waals surface area contributed by atoms with E-state index in [1.165, 1.54) is 24.6 Å². The van der Waals surface area contributed by atoms with Crippen molar-refractivity contribution in [3.8, 4) is 5.88 Å². The van der Waals surface area contributed by atoms with Gasteiger partial charge >= 0.3 is 5.69 Å². The van der Waals surface area contributed by atoms with Crippen LogP contribution < -0.4 is 16.0 Å². The first-order valence-electron chi connectivity index (χ1n) is 4.65. The van der Waals surface area contributed by atoms with Gasteiger partial charge < -0.3 is 9.72 Å². The normalized spacial score (nSPS) is 10.5. The maximum atomic E-state index is 11.6. The maximum Gasteiger partial charge on any atom is 0.326 e. The molecule has 0 atom stereocenters. The summed E-state index contributed by atoms with van der Waals surface area (Å²) < 4.78 is 5.35. The minimum Gasteiger partial charge on any atom is -0.480 e. The number of fused-ring (bicyclic) bond motifs is 3. The SMILES string of the molecule is COc1cnc2sc3c(=O)[nH]c(=O)[nH]c3c2n1.Cl. The van der Waals surface area contributed by atoms with E-state index >= 15 is 0 Å². The monoisotopic (exact) mass is 286 g/mol. The average Bonchev–Trinajstić information content (AvgIpc) is 2.67. The van der Waals surface area contributed by atoms with Crippen LogP contribution >= 0.6 is 23.7 Å². The third kappa shape index (κ3) is 1.75. The zero-order valence-corrected chi connectivity index (χ0v) is 10.6. The van der Waals surface area contributed by atoms with Crippen molar-refractivity contribution in [2.45, 2.75) is 0 Å². The topological polar surface area (TPSA) is 101 Å². The molecule has 0 unspecified atom stereocenters. The fourth-order valence-corrected chi connectivity index (χ4v) is 2.47. The second kappa shape index (κ2) is 4.39. The fourth-order valence-electron chi connectivity index (χ4n) is 1.53. The molecule has 0 spiro atoms. The minimum atomic E-state index is -0.563. The van der Waals surface area contributed by atoms with Crippen LogP contribution in [0.2, 0.25) is 0 Å². The first kappa shape index (κ1) is 12.5. The lowest BCUT2D eigenvalue weighted by Gasteiger charge is -1.96. The van der Waals surface area contributed by atoms with Crippen molar-refractivity contribution in [2.75, 3.05) is 7.11 Å². The molecule has 0 amide bonds. The number of hydrogen-bond acceptors (Lipinski definition) is 6. The molecular formula is C9H7ClN4O3S. The lowest BCUT2D eigenvalue weighted by molar-refractivity contribution is 0.398. The van der Waals surface area contributed by atoms with E-state index in [4.69, 9.17) is 4.74 Å². The highest BCUT2D eigenvalue weighted by Crippen LogP contribution is 2.27. The molecule has 9 heteroatoms. The molecule has 3 aromatic rings. The van der Waals surface area contributed by atoms with E-state index in [1.54, 1.807) is 0 Å². The predicted octanol–water partition coefficient (Wildman–Crippen LogP) is 0.651. The van der Waals surface area contributed by atoms with E-state index in [2.05, 4.69) is 19.9 Å². The van der Waals surface area contributed by atoms with Gasteiger partial charge in [-0.1, -0.05) is 0 Å². The van der Waals surface area contributed by atoms with E-state index in [0.29, 0.717) is 26.4 Å². The second-order valence-electron chi connectivity index (χ2n) is 3.28. The Hall–Kier alpha value is -1.93. The van der Waals surface area contributed by atoms with Gasteiger partial charge in [0.15, 0.2) is 0 Å². The summed E-state index contributed by atoms with van der Waals surface area (Å²) in [7, 11) is 1.47. The van der Waals surface area contributed by atoms with Crippen LogP contribution in [0.5, 0.6) is 5.88 Å². The summed E-state index contributed by atoms with van der Waals surface area (Å²) in [5.41, 5.74) is -0.142. The first-order valence-corrected chi connectivity index (χ1v) is 5.46. The number of thiophene rings is 1. The molecule has 0 aliphatic carbocycles. The lowest BCUT2D eigenvalue weighted by Crippen LogP contribution is -2.20. The Morgan fingerprint density at radius 1 is 1.33 bits per heavy atom. The predicted molar refractivity (Wildman–Crippen MR) is 70.0 cm³/mol. The number of nitrogens with one attached hydrogen (secondary N) is 2. The van der Waals surface area contributed by atoms with Crippen LogP contribution in [-0.4, -0.2) is 27.0 Å². The quantitative estimate of drug-likeness (QED) is 0.684. The van der Waals surface area contributed by atoms with Crippen LogP contribution in [-0.2, 0) is 0 Å². The van der Waals surface area contributed by atoms with Crippen molar-refractivity contribution < 1.29 is 4.74 Å². The molecule has 94 valence electrons. The minimum absolute atomic E-state index is 0. The molecule has 0 aliphatic heterocycles. The van der Waals surface area contributed by atoms with Gasteiger partial charge in [-0.15, -0.1) is 23.7 Å². The molecule has 0 fully saturated rings. The molecule has 0 saturated carbocycles. The van der Waals surface area contributed by atoms with E-state index in [0.717, 1.165) is 0 Å². The molecule has 7 nitrogen and oxygen atoms in total. The van der Waals surface area contributed by atoms with Gasteiger partial charge in [0, 0.05) is 0 Å². The van der Waals surface area contributed by atoms with Crippen LogP contribution in [0.3, 0.4) is 0 Å². The molecule has 3 rings (SSSR count). The smallest absolute Gasteiger partial charge is 0.326 e. The molecule has 2 N–H and O–H groups in total. The lowest BCUT2D eigenvalue weighted by atomic mass is 10.4. The summed E-state index contributed by atoms with van der Waals surface area (Å²) in [4.78, 5) is 36.4. The molecule has 3 aromatic heterocycles. The number of aromatic amines is 2. The van der Waals surface area contributed by atoms with Crippen molar-refractivity contribution in [1.29, 1.82) is 0 Å². The number of aromatic nitrogens is 4. The van der Waals surface area contributed by atoms with Gasteiger partial charge in [-0.2, -0.15) is 0 Å². The summed E-state index contributed by atoms with van der Waals surface area (Å²) in [5, 5.41) is 0. The number of hydrogen-bond donors (Lipinski definition) is 2. The van der Waals surface area contributed by atoms with Crippen molar-refractivity contribution in [2.24, 2.45) is 0 Å². The van der Waals surface area contributed by atoms with E-state index < -0.39 is 11.2 Å². The Bertz CT molecular complexity index is 837. The van der Waals surface area contributed by atoms with Crippen LogP contribution in [0.25, 0.3) is 20.6 Å². The van der Waals surface area contributed by atoms with Gasteiger partial charge in [0.2, 0.25) is 5.88 Å². The second-order valence-corrected chi connectivity index (χ2v) is 4.28. The average molecular weight is 287 g/mol. The summed E-state index contributed by atoms with van der Waals surface area (Å²) in [6, 6.07) is 0. The molecule has 0 aliphatic rings. The van der Waals surface area contributed by atoms with E-state index in [1.807, 2.05) is 0 Å². The van der Waals surface area contributed by atoms with Gasteiger partial charge in [-0.25, -0.2) is 14.8 Å². The Kier molecular flexibility index (Phi) is 3.05. The summed E-state index contributed by atoms with van der Waals surface area (Å²) in [6.45, 7) is 0. The molecule has 0 aromatic carbocycles. The Morgan fingerprint density at radius 2 is 2.11 bits per heavy atom. The van der Waals surface area contributed by atoms with Crippen LogP contribution in [0, 0.1) is 0 Å². The Balaban J connectivity index is 0.00000120. The summed E-state index contributed by atoms with van der Waals surface area (Å²) in [5.74, 6) is 0.332. The first-order chi connectivity index (χ1) is 8.19. The third-order valence-corrected chi connectivity index (χ3v) is 3.35. The number of halogens is 1. The van der Waals surface area contributed by atoms with Crippen molar-refractivity contribution in [3.05, 3.63) is 27.0 Å². The maximum absolute atomic E-state index is 11.6. The molecule has 0 radical (unpaired) electrons. The highest BCUT2D eigenvalue weighted by molar-refractivity contribution is 7.25. The number of ether oxygens (including phenoxy) is 1. The van der Waals surface area contributed by atoms with Crippen LogP contribution in [0.4, 0.5) is 0 Å². The molecule has 0 saturated heterocycles. The standard InChI is InChI=1S/C9H6N4O3S.ClH/c1-16-3-2-10-8-5(11-3)4-6(17-8)7(14)13-9(15)12-4;/h2H,1H3,(H2,12,13,14,15);1H. The number of nitrogens with zero attached hydrogens (tertiary/aromatic N) is 2. The largest absolute Gasteiger partial charge is 0.480 e. The molecule has 18 heavy (non-hydrogen) atoms. The summed E-state index contributed by atoms with van der Waals surface area (Å²) in [6.07, 6.45) is 1.46. The van der Waals surface area contributed by atoms with Gasteiger partial charge in [0.05, 0.1) is 18.8 Å². The number of rotatable bonds is 1. The van der Waals surface area contributed by atoms with Gasteiger partial charge in [0.1, 0.15) is 15.0 Å². The van der Waals surface area contributed by atoms with Crippen LogP contribution in [0.15, 0.2) is 15.8 Å². The van der Waals surface area contributed by atoms with Crippen molar-refractivity contribution >= 4 is 44.3 Å². The Morgan fingerprint density at radius 3 is 2.83 bits per heavy atom. The van der Waals surface area contributed by atoms with Gasteiger partial charge in [-0.3, -0.25) is 9.78 Å². The molecule has 0 bridgehead atoms. The highest BCUT2D eigenvalue weighted by Gasteiger charge is 2.12. The van der Waals surface area contributed by atoms with Crippen molar-refractivity contribution in [3.63, 3.8) is 0 Å². The number of H-pyrrole nitrogens is 2. The van der Waals surface area contributed by atoms with Crippen LogP contribution in [0.1, 0.15) is 0 Å². The zero-order valence-electron chi connectivity index (χ0n) is 9.01.